The molecule has 522 valence electrons. The molecular formula is C69H106N10O15. The summed E-state index contributed by atoms with van der Waals surface area (Å²) >= 11 is 0. The van der Waals surface area contributed by atoms with Gasteiger partial charge in [-0.3, -0.25) is 57.7 Å². The lowest BCUT2D eigenvalue weighted by Crippen LogP contribution is -2.60. The van der Waals surface area contributed by atoms with Crippen molar-refractivity contribution in [3.63, 3.8) is 0 Å². The van der Waals surface area contributed by atoms with Gasteiger partial charge in [-0.2, -0.15) is 0 Å². The maximum absolute atomic E-state index is 14.8. The van der Waals surface area contributed by atoms with Crippen LogP contribution in [0.5, 0.6) is 0 Å². The van der Waals surface area contributed by atoms with Crippen molar-refractivity contribution in [3.8, 4) is 0 Å². The number of aliphatic hydroxyl groups excluding tert-OH is 1. The predicted molar refractivity (Wildman–Crippen MR) is 354 cm³/mol. The minimum atomic E-state index is -1.12. The van der Waals surface area contributed by atoms with Gasteiger partial charge in [0.05, 0.1) is 48.8 Å². The van der Waals surface area contributed by atoms with Gasteiger partial charge in [0.1, 0.15) is 36.8 Å². The lowest BCUT2D eigenvalue weighted by molar-refractivity contribution is -0.148. The number of anilines is 1. The Morgan fingerprint density at radius 3 is 1.81 bits per heavy atom. The number of likely N-dealkylation sites (tertiary alicyclic amines) is 1. The molecule has 0 unspecified atom stereocenters. The van der Waals surface area contributed by atoms with E-state index >= 15 is 0 Å². The van der Waals surface area contributed by atoms with Gasteiger partial charge >= 0.3 is 6.09 Å². The Morgan fingerprint density at radius 1 is 0.670 bits per heavy atom. The molecule has 4 rings (SSSR count). The molecule has 2 aromatic rings. The van der Waals surface area contributed by atoms with Crippen molar-refractivity contribution in [3.05, 3.63) is 77.9 Å². The number of aliphatic hydroxyl groups is 1. The summed E-state index contributed by atoms with van der Waals surface area (Å²) in [5.74, 6) is -6.79. The summed E-state index contributed by atoms with van der Waals surface area (Å²) in [6.45, 7) is 23.6. The smallest absolute Gasteiger partial charge is 0.410 e. The second-order valence-corrected chi connectivity index (χ2v) is 26.6. The van der Waals surface area contributed by atoms with Gasteiger partial charge in [-0.15, -0.1) is 0 Å². The van der Waals surface area contributed by atoms with Crippen LogP contribution in [0.3, 0.4) is 0 Å². The SMILES string of the molecule is CC[C@H](C)[C@@H]([C@@H](CC(=O)N1CCC[C@H]1[C@H](OC)[C@@H](C)C(=O)N[C@H](C)[C@@H](O)c1ccccc1)OC)N(C)C(=O)[C@@H](NC(=O)[C@H](C(C)C)N(C)C(=O)OCc1ccc(NC(=O)[C@H](CC(C)C)NC(=O)[C@H](C)NC(=O)[C@@H](CC(C)C)NC(=O)CCN2C(=O)C=CC2=O)cc1)C(C)C. The molecule has 25 heteroatoms. The van der Waals surface area contributed by atoms with Crippen LogP contribution in [0.25, 0.3) is 0 Å². The van der Waals surface area contributed by atoms with Crippen LogP contribution in [0, 0.1) is 35.5 Å². The Morgan fingerprint density at radius 2 is 1.27 bits per heavy atom. The average Bonchev–Trinajstić information content (AvgIpc) is 1.36. The first kappa shape index (κ1) is 78.7. The van der Waals surface area contributed by atoms with Gasteiger partial charge in [0.15, 0.2) is 0 Å². The fourth-order valence-corrected chi connectivity index (χ4v) is 12.1. The fourth-order valence-electron chi connectivity index (χ4n) is 12.1. The van der Waals surface area contributed by atoms with Gasteiger partial charge in [0.2, 0.25) is 47.3 Å². The largest absolute Gasteiger partial charge is 0.445 e. The number of methoxy groups -OCH3 is 2. The molecule has 0 bridgehead atoms. The van der Waals surface area contributed by atoms with Crippen molar-refractivity contribution in [2.75, 3.05) is 46.7 Å². The van der Waals surface area contributed by atoms with Gasteiger partial charge in [-0.1, -0.05) is 125 Å². The van der Waals surface area contributed by atoms with Crippen LogP contribution in [-0.2, 0) is 68.8 Å². The number of nitrogens with one attached hydrogen (secondary N) is 6. The van der Waals surface area contributed by atoms with Crippen molar-refractivity contribution >= 4 is 70.9 Å². The molecule has 0 radical (unpaired) electrons. The first-order chi connectivity index (χ1) is 44.3. The molecule has 2 aromatic carbocycles. The first-order valence-corrected chi connectivity index (χ1v) is 32.9. The van der Waals surface area contributed by atoms with E-state index in [-0.39, 0.29) is 68.4 Å². The summed E-state index contributed by atoms with van der Waals surface area (Å²) in [6, 6.07) is 8.56. The third-order valence-electron chi connectivity index (χ3n) is 17.6. The number of carbonyl (C=O) groups is 11. The Hall–Kier alpha value is -7.77. The molecule has 2 aliphatic heterocycles. The summed E-state index contributed by atoms with van der Waals surface area (Å²) in [7, 11) is 6.09. The highest BCUT2D eigenvalue weighted by molar-refractivity contribution is 6.13. The molecule has 1 fully saturated rings. The van der Waals surface area contributed by atoms with E-state index in [1.807, 2.05) is 59.7 Å². The fraction of sp³-hybridized carbons (Fsp3) is 0.638. The van der Waals surface area contributed by atoms with Crippen LogP contribution in [0.1, 0.15) is 152 Å². The van der Waals surface area contributed by atoms with Gasteiger partial charge in [-0.25, -0.2) is 4.79 Å². The van der Waals surface area contributed by atoms with Crippen LogP contribution in [-0.4, -0.2) is 192 Å². The molecule has 11 amide bonds. The number of ether oxygens (including phenoxy) is 3. The molecule has 0 spiro atoms. The molecule has 2 heterocycles. The van der Waals surface area contributed by atoms with Crippen LogP contribution in [0.2, 0.25) is 0 Å². The van der Waals surface area contributed by atoms with Gasteiger partial charge in [0, 0.05) is 65.7 Å². The molecule has 0 aromatic heterocycles. The third kappa shape index (κ3) is 22.4. The number of nitrogens with zero attached hydrogens (tertiary/aromatic N) is 4. The zero-order valence-electron chi connectivity index (χ0n) is 58.2. The van der Waals surface area contributed by atoms with Gasteiger partial charge < -0.3 is 61.0 Å². The van der Waals surface area contributed by atoms with E-state index in [4.69, 9.17) is 14.2 Å². The average molecular weight is 1320 g/mol. The minimum Gasteiger partial charge on any atom is -0.445 e. The zero-order chi connectivity index (χ0) is 70.4. The molecule has 0 saturated carbocycles. The molecule has 1 saturated heterocycles. The number of benzene rings is 2. The highest BCUT2D eigenvalue weighted by Crippen LogP contribution is 2.31. The Bertz CT molecular complexity index is 2910. The van der Waals surface area contributed by atoms with E-state index in [9.17, 15) is 57.8 Å². The second kappa shape index (κ2) is 37.4. The first-order valence-electron chi connectivity index (χ1n) is 32.9. The summed E-state index contributed by atoms with van der Waals surface area (Å²) < 4.78 is 17.8. The summed E-state index contributed by atoms with van der Waals surface area (Å²) in [5.41, 5.74) is 1.58. The number of hydrogen-bond donors (Lipinski definition) is 7. The summed E-state index contributed by atoms with van der Waals surface area (Å²) in [5, 5.41) is 27.7. The predicted octanol–water partition coefficient (Wildman–Crippen LogP) is 5.40. The molecule has 0 aliphatic carbocycles. The number of imide groups is 1. The second-order valence-electron chi connectivity index (χ2n) is 26.6. The lowest BCUT2D eigenvalue weighted by Gasteiger charge is -2.41. The number of amides is 11. The Labute approximate surface area is 555 Å². The quantitative estimate of drug-likeness (QED) is 0.0420. The van der Waals surface area contributed by atoms with E-state index in [1.54, 1.807) is 94.8 Å². The van der Waals surface area contributed by atoms with Crippen LogP contribution < -0.4 is 31.9 Å². The summed E-state index contributed by atoms with van der Waals surface area (Å²) in [6.07, 6.45) is 1.09. The topological polar surface area (TPSA) is 321 Å². The van der Waals surface area contributed by atoms with Crippen molar-refractivity contribution in [2.45, 2.75) is 208 Å². The number of hydrogen-bond acceptors (Lipinski definition) is 15. The maximum atomic E-state index is 14.8. The van der Waals surface area contributed by atoms with Crippen molar-refractivity contribution in [1.29, 1.82) is 0 Å². The lowest BCUT2D eigenvalue weighted by atomic mass is 9.89. The van der Waals surface area contributed by atoms with Crippen LogP contribution in [0.15, 0.2) is 66.7 Å². The minimum absolute atomic E-state index is 0.0377. The van der Waals surface area contributed by atoms with E-state index in [2.05, 4.69) is 31.9 Å². The third-order valence-corrected chi connectivity index (χ3v) is 17.6. The zero-order valence-corrected chi connectivity index (χ0v) is 58.2. The maximum Gasteiger partial charge on any atom is 0.410 e. The van der Waals surface area contributed by atoms with Crippen LogP contribution >= 0.6 is 0 Å². The number of rotatable bonds is 36. The molecule has 25 nitrogen and oxygen atoms in total. The Kier molecular flexibility index (Phi) is 31.3. The van der Waals surface area contributed by atoms with E-state index < -0.39 is 138 Å². The molecule has 7 N–H and O–H groups in total. The molecular weight excluding hydrogens is 1210 g/mol. The van der Waals surface area contributed by atoms with Gasteiger partial charge in [0.25, 0.3) is 11.8 Å². The number of likely N-dealkylation sites (N-methyl/N-ethyl adjacent to an activating group) is 2. The highest BCUT2D eigenvalue weighted by Gasteiger charge is 2.44. The van der Waals surface area contributed by atoms with E-state index in [1.165, 1.54) is 33.1 Å². The monoisotopic (exact) mass is 1310 g/mol. The standard InChI is InChI=1S/C69H106N10O15/c1-18-43(10)60(53(92-16)37-57(83)78-33-22-25-52(78)62(93-17)44(11)63(85)70-45(12)61(84)48-23-20-19-21-24-48)76(14)68(90)58(41(6)7)75-67(89)59(42(8)9)77(15)69(91)94-38-47-26-28-49(29-27-47)72-66(88)51(36-40(4)5)74-64(86)46(13)71-65(87)50(35-39(2)3)73-54(80)32-34-79-55(81)30-31-56(79)82/h19-21,23-24,26-31,39-46,50-53,58-62,84H,18,22,25,32-38H2,1-17H3,(H,70,85)(H,71,87)(H,72,88)(H,73,80)(H,74,86)(H,75,89)/t43-,44+,45+,46-,50+,51-,52-,53+,58-,59-,60-,61+,62+/m0/s1. The molecule has 13 atom stereocenters. The van der Waals surface area contributed by atoms with Crippen LogP contribution in [0.4, 0.5) is 10.5 Å². The Balaban J connectivity index is 1.36. The summed E-state index contributed by atoms with van der Waals surface area (Å²) in [4.78, 5) is 154. The highest BCUT2D eigenvalue weighted by atomic mass is 16.6. The molecule has 94 heavy (non-hydrogen) atoms. The van der Waals surface area contributed by atoms with E-state index in [0.29, 0.717) is 42.6 Å². The number of carbonyl (C=O) groups excluding carboxylic acids is 11. The van der Waals surface area contributed by atoms with Crippen molar-refractivity contribution in [2.24, 2.45) is 35.5 Å². The van der Waals surface area contributed by atoms with E-state index in [0.717, 1.165) is 17.1 Å². The van der Waals surface area contributed by atoms with Crippen molar-refractivity contribution in [1.82, 2.24) is 46.2 Å². The van der Waals surface area contributed by atoms with Gasteiger partial charge in [-0.05, 0) is 92.4 Å². The normalized spacial score (nSPS) is 17.8. The molecule has 2 aliphatic rings. The van der Waals surface area contributed by atoms with Crippen molar-refractivity contribution < 1.29 is 72.1 Å².